The van der Waals surface area contributed by atoms with Gasteiger partial charge < -0.3 is 19.6 Å². The Morgan fingerprint density at radius 1 is 1.03 bits per heavy atom. The molecule has 3 aromatic rings. The molecule has 1 atom stereocenters. The standard InChI is InChI=1S/C27H28FN3O4/c1-19-17-30(15-16-31(19)27(33)34)18-20-7-11-22(12-8-20)29(2)26(32)21-9-13-23(14-10-21)35-25-6-4-3-5-24(25)28/h3-14,19H,15-18H2,1-2H3,(H,33,34)/t19-/m0/s1. The minimum atomic E-state index is -0.874. The van der Waals surface area contributed by atoms with E-state index in [4.69, 9.17) is 4.74 Å². The van der Waals surface area contributed by atoms with Crippen LogP contribution < -0.4 is 9.64 Å². The molecule has 35 heavy (non-hydrogen) atoms. The smallest absolute Gasteiger partial charge is 0.407 e. The molecule has 0 aromatic heterocycles. The summed E-state index contributed by atoms with van der Waals surface area (Å²) in [6, 6.07) is 20.5. The SMILES string of the molecule is C[C@H]1CN(Cc2ccc(N(C)C(=O)c3ccc(Oc4ccccc4F)cc3)cc2)CCN1C(=O)O. The molecule has 1 N–H and O–H groups in total. The first-order chi connectivity index (χ1) is 16.8. The molecule has 0 saturated carbocycles. The van der Waals surface area contributed by atoms with Gasteiger partial charge in [-0.2, -0.15) is 0 Å². The number of benzene rings is 3. The molecule has 0 bridgehead atoms. The molecule has 7 nitrogen and oxygen atoms in total. The Bertz CT molecular complexity index is 1180. The van der Waals surface area contributed by atoms with Crippen molar-refractivity contribution in [3.63, 3.8) is 0 Å². The van der Waals surface area contributed by atoms with Crippen LogP contribution in [0.4, 0.5) is 14.9 Å². The van der Waals surface area contributed by atoms with Gasteiger partial charge in [-0.15, -0.1) is 0 Å². The number of piperazine rings is 1. The first-order valence-corrected chi connectivity index (χ1v) is 11.4. The van der Waals surface area contributed by atoms with Crippen molar-refractivity contribution in [2.75, 3.05) is 31.6 Å². The van der Waals surface area contributed by atoms with E-state index in [-0.39, 0.29) is 17.7 Å². The molecule has 182 valence electrons. The molecule has 0 spiro atoms. The number of hydrogen-bond acceptors (Lipinski definition) is 4. The number of nitrogens with zero attached hydrogens (tertiary/aromatic N) is 3. The third kappa shape index (κ3) is 5.78. The Hall–Kier alpha value is -3.91. The van der Waals surface area contributed by atoms with Crippen molar-refractivity contribution in [1.29, 1.82) is 0 Å². The maximum absolute atomic E-state index is 13.8. The predicted molar refractivity (Wildman–Crippen MR) is 132 cm³/mol. The quantitative estimate of drug-likeness (QED) is 0.536. The van der Waals surface area contributed by atoms with Crippen LogP contribution in [0.5, 0.6) is 11.5 Å². The number of amides is 2. The van der Waals surface area contributed by atoms with E-state index in [0.717, 1.165) is 17.8 Å². The second kappa shape index (κ2) is 10.6. The van der Waals surface area contributed by atoms with Crippen molar-refractivity contribution < 1.29 is 23.8 Å². The van der Waals surface area contributed by atoms with Crippen LogP contribution in [0.25, 0.3) is 0 Å². The molecule has 1 saturated heterocycles. The second-order valence-electron chi connectivity index (χ2n) is 8.65. The van der Waals surface area contributed by atoms with E-state index < -0.39 is 11.9 Å². The number of hydrogen-bond donors (Lipinski definition) is 1. The summed E-state index contributed by atoms with van der Waals surface area (Å²) in [7, 11) is 1.72. The van der Waals surface area contributed by atoms with Crippen LogP contribution in [0.15, 0.2) is 72.8 Å². The molecule has 4 rings (SSSR count). The molecule has 0 radical (unpaired) electrons. The lowest BCUT2D eigenvalue weighted by Gasteiger charge is -2.38. The number of rotatable bonds is 6. The van der Waals surface area contributed by atoms with E-state index in [1.165, 1.54) is 11.0 Å². The highest BCUT2D eigenvalue weighted by molar-refractivity contribution is 6.05. The van der Waals surface area contributed by atoms with Crippen LogP contribution in [0, 0.1) is 5.82 Å². The zero-order chi connectivity index (χ0) is 24.9. The van der Waals surface area contributed by atoms with Gasteiger partial charge in [-0.05, 0) is 61.0 Å². The first kappa shape index (κ1) is 24.2. The van der Waals surface area contributed by atoms with Gasteiger partial charge in [0.05, 0.1) is 0 Å². The number of para-hydroxylation sites is 1. The van der Waals surface area contributed by atoms with E-state index in [2.05, 4.69) is 4.90 Å². The van der Waals surface area contributed by atoms with Gasteiger partial charge in [0.2, 0.25) is 0 Å². The van der Waals surface area contributed by atoms with Gasteiger partial charge in [-0.3, -0.25) is 9.69 Å². The van der Waals surface area contributed by atoms with Crippen molar-refractivity contribution >= 4 is 17.7 Å². The molecule has 1 aliphatic heterocycles. The Balaban J connectivity index is 1.35. The number of anilines is 1. The molecule has 3 aromatic carbocycles. The molecule has 1 heterocycles. The summed E-state index contributed by atoms with van der Waals surface area (Å²) in [5, 5.41) is 9.23. The fraction of sp³-hybridized carbons (Fsp3) is 0.259. The Morgan fingerprint density at radius 2 is 1.71 bits per heavy atom. The van der Waals surface area contributed by atoms with E-state index >= 15 is 0 Å². The van der Waals surface area contributed by atoms with Gasteiger partial charge in [0, 0.05) is 50.5 Å². The highest BCUT2D eigenvalue weighted by Gasteiger charge is 2.27. The van der Waals surface area contributed by atoms with Crippen molar-refractivity contribution in [1.82, 2.24) is 9.80 Å². The lowest BCUT2D eigenvalue weighted by atomic mass is 10.1. The fourth-order valence-corrected chi connectivity index (χ4v) is 4.17. The van der Waals surface area contributed by atoms with Crippen LogP contribution in [0.3, 0.4) is 0 Å². The minimum Gasteiger partial charge on any atom is -0.465 e. The number of halogens is 1. The predicted octanol–water partition coefficient (Wildman–Crippen LogP) is 5.08. The van der Waals surface area contributed by atoms with Crippen LogP contribution in [-0.2, 0) is 6.54 Å². The number of ether oxygens (including phenoxy) is 1. The zero-order valence-electron chi connectivity index (χ0n) is 19.7. The van der Waals surface area contributed by atoms with Crippen molar-refractivity contribution in [3.8, 4) is 11.5 Å². The summed E-state index contributed by atoms with van der Waals surface area (Å²) in [6.45, 7) is 4.51. The molecule has 8 heteroatoms. The number of carbonyl (C=O) groups excluding carboxylic acids is 1. The average molecular weight is 478 g/mol. The summed E-state index contributed by atoms with van der Waals surface area (Å²) in [6.07, 6.45) is -0.874. The Morgan fingerprint density at radius 3 is 2.34 bits per heavy atom. The van der Waals surface area contributed by atoms with Crippen molar-refractivity contribution in [2.24, 2.45) is 0 Å². The topological polar surface area (TPSA) is 73.3 Å². The first-order valence-electron chi connectivity index (χ1n) is 11.4. The third-order valence-electron chi connectivity index (χ3n) is 6.16. The summed E-state index contributed by atoms with van der Waals surface area (Å²) in [5.41, 5.74) is 2.34. The highest BCUT2D eigenvalue weighted by Crippen LogP contribution is 2.25. The lowest BCUT2D eigenvalue weighted by molar-refractivity contribution is 0.0711. The largest absolute Gasteiger partial charge is 0.465 e. The van der Waals surface area contributed by atoms with Gasteiger partial charge >= 0.3 is 6.09 Å². The maximum atomic E-state index is 13.8. The Kier molecular flexibility index (Phi) is 7.31. The average Bonchev–Trinajstić information content (AvgIpc) is 2.85. The monoisotopic (exact) mass is 477 g/mol. The normalized spacial score (nSPS) is 16.1. The molecule has 1 aliphatic rings. The summed E-state index contributed by atoms with van der Waals surface area (Å²) in [5.74, 6) is -0.0548. The fourth-order valence-electron chi connectivity index (χ4n) is 4.17. The second-order valence-corrected chi connectivity index (χ2v) is 8.65. The third-order valence-corrected chi connectivity index (χ3v) is 6.16. The van der Waals surface area contributed by atoms with Crippen LogP contribution >= 0.6 is 0 Å². The molecular formula is C27H28FN3O4. The van der Waals surface area contributed by atoms with Gasteiger partial charge in [-0.1, -0.05) is 24.3 Å². The molecular weight excluding hydrogens is 449 g/mol. The van der Waals surface area contributed by atoms with Gasteiger partial charge in [0.15, 0.2) is 11.6 Å². The van der Waals surface area contributed by atoms with Gasteiger partial charge in [0.25, 0.3) is 5.91 Å². The van der Waals surface area contributed by atoms with E-state index in [9.17, 15) is 19.1 Å². The molecule has 0 unspecified atom stereocenters. The number of carboxylic acid groups (broad SMARTS) is 1. The summed E-state index contributed by atoms with van der Waals surface area (Å²) < 4.78 is 19.3. The van der Waals surface area contributed by atoms with E-state index in [0.29, 0.717) is 30.9 Å². The van der Waals surface area contributed by atoms with Crippen LogP contribution in [-0.4, -0.2) is 59.6 Å². The van der Waals surface area contributed by atoms with Gasteiger partial charge in [-0.25, -0.2) is 9.18 Å². The lowest BCUT2D eigenvalue weighted by Crippen LogP contribution is -2.53. The molecule has 0 aliphatic carbocycles. The van der Waals surface area contributed by atoms with Gasteiger partial charge in [0.1, 0.15) is 5.75 Å². The molecule has 1 fully saturated rings. The van der Waals surface area contributed by atoms with E-state index in [1.807, 2.05) is 31.2 Å². The van der Waals surface area contributed by atoms with E-state index in [1.54, 1.807) is 54.4 Å². The Labute approximate surface area is 204 Å². The van der Waals surface area contributed by atoms with Crippen molar-refractivity contribution in [2.45, 2.75) is 19.5 Å². The molecule has 2 amide bonds. The minimum absolute atomic E-state index is 0.0483. The maximum Gasteiger partial charge on any atom is 0.407 e. The van der Waals surface area contributed by atoms with Crippen molar-refractivity contribution in [3.05, 3.63) is 89.7 Å². The highest BCUT2D eigenvalue weighted by atomic mass is 19.1. The summed E-state index contributed by atoms with van der Waals surface area (Å²) >= 11 is 0. The van der Waals surface area contributed by atoms with Crippen LogP contribution in [0.2, 0.25) is 0 Å². The number of carbonyl (C=O) groups is 2. The van der Waals surface area contributed by atoms with Crippen LogP contribution in [0.1, 0.15) is 22.8 Å². The summed E-state index contributed by atoms with van der Waals surface area (Å²) in [4.78, 5) is 29.5. The zero-order valence-corrected chi connectivity index (χ0v) is 19.7.